The molecule has 1 amide bonds. The Labute approximate surface area is 174 Å². The van der Waals surface area contributed by atoms with Crippen LogP contribution in [0.3, 0.4) is 0 Å². The smallest absolute Gasteiger partial charge is 0.255 e. The van der Waals surface area contributed by atoms with E-state index in [2.05, 4.69) is 45.1 Å². The first-order valence-electron chi connectivity index (χ1n) is 10.1. The average Bonchev–Trinajstić information content (AvgIpc) is 2.96. The first-order valence-corrected chi connectivity index (χ1v) is 11.9. The fourth-order valence-corrected chi connectivity index (χ4v) is 5.39. The van der Waals surface area contributed by atoms with Gasteiger partial charge in [-0.1, -0.05) is 45.9 Å². The molecule has 0 fully saturated rings. The first-order chi connectivity index (χ1) is 13.5. The van der Waals surface area contributed by atoms with Gasteiger partial charge in [0.25, 0.3) is 5.91 Å². The number of para-hydroxylation sites is 1. The number of rotatable bonds is 5. The summed E-state index contributed by atoms with van der Waals surface area (Å²) >= 11 is 0. The van der Waals surface area contributed by atoms with E-state index in [1.807, 2.05) is 19.1 Å². The van der Waals surface area contributed by atoms with E-state index in [1.54, 1.807) is 12.1 Å². The van der Waals surface area contributed by atoms with Gasteiger partial charge in [-0.05, 0) is 60.1 Å². The van der Waals surface area contributed by atoms with Gasteiger partial charge in [0.1, 0.15) is 0 Å². The second-order valence-corrected chi connectivity index (χ2v) is 10.4. The average molecular weight is 415 g/mol. The van der Waals surface area contributed by atoms with E-state index >= 15 is 0 Å². The van der Waals surface area contributed by atoms with E-state index < -0.39 is 10.0 Å². The molecule has 0 aliphatic carbocycles. The van der Waals surface area contributed by atoms with Crippen LogP contribution in [0.2, 0.25) is 0 Å². The summed E-state index contributed by atoms with van der Waals surface area (Å²) in [6.07, 6.45) is 1.82. The second-order valence-electron chi connectivity index (χ2n) is 8.53. The lowest BCUT2D eigenvalue weighted by Crippen LogP contribution is -2.34. The minimum atomic E-state index is -3.34. The Balaban J connectivity index is 1.96. The Bertz CT molecular complexity index is 1020. The van der Waals surface area contributed by atoms with E-state index in [9.17, 15) is 13.2 Å². The molecule has 0 radical (unpaired) electrons. The molecule has 0 aromatic heterocycles. The fraction of sp³-hybridized carbons (Fsp3) is 0.435. The molecule has 1 aliphatic rings. The molecular weight excluding hydrogens is 384 g/mol. The zero-order chi connectivity index (χ0) is 21.5. The number of anilines is 2. The van der Waals surface area contributed by atoms with Gasteiger partial charge in [0.2, 0.25) is 10.0 Å². The number of carbonyl (C=O) groups excluding carboxylic acids is 1. The lowest BCUT2D eigenvalue weighted by Gasteiger charge is -2.22. The van der Waals surface area contributed by atoms with Crippen molar-refractivity contribution in [1.29, 1.82) is 0 Å². The van der Waals surface area contributed by atoms with Crippen molar-refractivity contribution < 1.29 is 13.2 Å². The number of benzene rings is 2. The van der Waals surface area contributed by atoms with Gasteiger partial charge in [-0.2, -0.15) is 0 Å². The predicted molar refractivity (Wildman–Crippen MR) is 120 cm³/mol. The van der Waals surface area contributed by atoms with E-state index in [0.29, 0.717) is 17.7 Å². The van der Waals surface area contributed by atoms with Gasteiger partial charge in [0.15, 0.2) is 0 Å². The van der Waals surface area contributed by atoms with Crippen molar-refractivity contribution in [1.82, 2.24) is 0 Å². The standard InChI is InChI=1S/C23H30N2O3S/c1-14(2)19-8-7-9-20(15(3)4)22(19)24-23(26)17-10-11-21-18(13-17)12-16(5)25(21)29(6,27)28/h7-11,13-16H,12H2,1-6H3,(H,24,26)/t16-/m0/s1. The minimum absolute atomic E-state index is 0.146. The van der Waals surface area contributed by atoms with Crippen molar-refractivity contribution >= 4 is 27.3 Å². The van der Waals surface area contributed by atoms with Crippen LogP contribution in [0, 0.1) is 0 Å². The number of sulfonamides is 1. The lowest BCUT2D eigenvalue weighted by molar-refractivity contribution is 0.102. The van der Waals surface area contributed by atoms with Crippen molar-refractivity contribution in [2.45, 2.75) is 58.9 Å². The second kappa shape index (κ2) is 7.82. The summed E-state index contributed by atoms with van der Waals surface area (Å²) in [6, 6.07) is 11.3. The Morgan fingerprint density at radius 2 is 1.66 bits per heavy atom. The molecule has 3 rings (SSSR count). The summed E-state index contributed by atoms with van der Waals surface area (Å²) in [5.74, 6) is 0.398. The molecule has 2 aromatic rings. The lowest BCUT2D eigenvalue weighted by atomic mass is 9.92. The van der Waals surface area contributed by atoms with Crippen LogP contribution in [-0.2, 0) is 16.4 Å². The van der Waals surface area contributed by atoms with Gasteiger partial charge in [-0.3, -0.25) is 9.10 Å². The highest BCUT2D eigenvalue weighted by molar-refractivity contribution is 7.92. The highest BCUT2D eigenvalue weighted by atomic mass is 32.2. The normalized spacial score (nSPS) is 16.4. The third kappa shape index (κ3) is 4.17. The molecule has 0 bridgehead atoms. The summed E-state index contributed by atoms with van der Waals surface area (Å²) in [6.45, 7) is 10.4. The molecule has 29 heavy (non-hydrogen) atoms. The van der Waals surface area contributed by atoms with Crippen LogP contribution in [0.5, 0.6) is 0 Å². The number of amides is 1. The quantitative estimate of drug-likeness (QED) is 0.757. The number of carbonyl (C=O) groups is 1. The molecule has 0 unspecified atom stereocenters. The summed E-state index contributed by atoms with van der Waals surface area (Å²) in [4.78, 5) is 13.1. The topological polar surface area (TPSA) is 66.5 Å². The number of nitrogens with zero attached hydrogens (tertiary/aromatic N) is 1. The van der Waals surface area contributed by atoms with Crippen LogP contribution in [0.1, 0.15) is 73.5 Å². The summed E-state index contributed by atoms with van der Waals surface area (Å²) < 4.78 is 25.7. The largest absolute Gasteiger partial charge is 0.321 e. The van der Waals surface area contributed by atoms with E-state index in [4.69, 9.17) is 0 Å². The van der Waals surface area contributed by atoms with Gasteiger partial charge in [0.05, 0.1) is 11.9 Å². The zero-order valence-corrected chi connectivity index (χ0v) is 18.8. The fourth-order valence-electron chi connectivity index (χ4n) is 4.13. The van der Waals surface area contributed by atoms with Crippen molar-refractivity contribution in [3.8, 4) is 0 Å². The molecular formula is C23H30N2O3S. The number of hydrogen-bond donors (Lipinski definition) is 1. The maximum absolute atomic E-state index is 13.1. The Morgan fingerprint density at radius 1 is 1.07 bits per heavy atom. The van der Waals surface area contributed by atoms with E-state index in [1.165, 1.54) is 10.6 Å². The minimum Gasteiger partial charge on any atom is -0.321 e. The highest BCUT2D eigenvalue weighted by Gasteiger charge is 2.32. The van der Waals surface area contributed by atoms with E-state index in [0.717, 1.165) is 22.4 Å². The summed E-state index contributed by atoms with van der Waals surface area (Å²) in [7, 11) is -3.34. The SMILES string of the molecule is CC(C)c1cccc(C(C)C)c1NC(=O)c1ccc2c(c1)C[C@H](C)N2S(C)(=O)=O. The molecule has 1 heterocycles. The molecule has 0 saturated heterocycles. The number of hydrogen-bond acceptors (Lipinski definition) is 3. The van der Waals surface area contributed by atoms with Gasteiger partial charge >= 0.3 is 0 Å². The van der Waals surface area contributed by atoms with Gasteiger partial charge in [-0.15, -0.1) is 0 Å². The van der Waals surface area contributed by atoms with Crippen LogP contribution < -0.4 is 9.62 Å². The third-order valence-electron chi connectivity index (χ3n) is 5.46. The molecule has 0 spiro atoms. The van der Waals surface area contributed by atoms with Crippen LogP contribution in [-0.4, -0.2) is 26.6 Å². The predicted octanol–water partition coefficient (Wildman–Crippen LogP) is 4.90. The molecule has 1 aliphatic heterocycles. The zero-order valence-electron chi connectivity index (χ0n) is 18.0. The van der Waals surface area contributed by atoms with Gasteiger partial charge in [-0.25, -0.2) is 8.42 Å². The molecule has 5 nitrogen and oxygen atoms in total. The van der Waals surface area contributed by atoms with Crippen molar-refractivity contribution in [3.63, 3.8) is 0 Å². The number of fused-ring (bicyclic) bond motifs is 1. The molecule has 6 heteroatoms. The highest BCUT2D eigenvalue weighted by Crippen LogP contribution is 2.36. The Morgan fingerprint density at radius 3 is 2.17 bits per heavy atom. The third-order valence-corrected chi connectivity index (χ3v) is 6.73. The van der Waals surface area contributed by atoms with Gasteiger partial charge in [0, 0.05) is 17.3 Å². The Hall–Kier alpha value is -2.34. The van der Waals surface area contributed by atoms with Crippen LogP contribution in [0.4, 0.5) is 11.4 Å². The molecule has 156 valence electrons. The molecule has 1 N–H and O–H groups in total. The number of nitrogens with one attached hydrogen (secondary N) is 1. The molecule has 1 atom stereocenters. The summed E-state index contributed by atoms with van der Waals surface area (Å²) in [5, 5.41) is 3.13. The van der Waals surface area contributed by atoms with Crippen LogP contribution >= 0.6 is 0 Å². The Kier molecular flexibility index (Phi) is 5.77. The van der Waals surface area contributed by atoms with Crippen molar-refractivity contribution in [2.75, 3.05) is 15.9 Å². The van der Waals surface area contributed by atoms with E-state index in [-0.39, 0.29) is 23.8 Å². The summed E-state index contributed by atoms with van der Waals surface area (Å²) in [5.41, 5.74) is 5.21. The van der Waals surface area contributed by atoms with Crippen molar-refractivity contribution in [2.24, 2.45) is 0 Å². The maximum atomic E-state index is 13.1. The maximum Gasteiger partial charge on any atom is 0.255 e. The van der Waals surface area contributed by atoms with Crippen molar-refractivity contribution in [3.05, 3.63) is 58.7 Å². The molecule has 2 aromatic carbocycles. The monoisotopic (exact) mass is 414 g/mol. The first kappa shape index (κ1) is 21.4. The van der Waals surface area contributed by atoms with Gasteiger partial charge < -0.3 is 5.32 Å². The van der Waals surface area contributed by atoms with Crippen LogP contribution in [0.15, 0.2) is 36.4 Å². The van der Waals surface area contributed by atoms with Crippen LogP contribution in [0.25, 0.3) is 0 Å². The molecule has 0 saturated carbocycles.